The third-order valence-electron chi connectivity index (χ3n) is 3.45. The Morgan fingerprint density at radius 3 is 2.78 bits per heavy atom. The van der Waals surface area contributed by atoms with E-state index in [1.807, 2.05) is 0 Å². The first-order valence-corrected chi connectivity index (χ1v) is 5.76. The van der Waals surface area contributed by atoms with Crippen LogP contribution in [0.15, 0.2) is 12.1 Å². The minimum Gasteiger partial charge on any atom is -0.487 e. The van der Waals surface area contributed by atoms with Crippen molar-refractivity contribution in [3.05, 3.63) is 29.1 Å². The van der Waals surface area contributed by atoms with Crippen LogP contribution in [0.1, 0.15) is 30.0 Å². The summed E-state index contributed by atoms with van der Waals surface area (Å²) in [7, 11) is 0. The number of halogens is 4. The molecule has 2 atom stereocenters. The number of hydrogen-bond donors (Lipinski definition) is 1. The van der Waals surface area contributed by atoms with Gasteiger partial charge in [-0.1, -0.05) is 6.07 Å². The zero-order chi connectivity index (χ0) is 12.9. The van der Waals surface area contributed by atoms with Gasteiger partial charge in [0.25, 0.3) is 0 Å². The molecular formula is C12H11F4NO. The Hall–Kier alpha value is -1.30. The lowest BCUT2D eigenvalue weighted by molar-refractivity contribution is -0.140. The third-order valence-corrected chi connectivity index (χ3v) is 3.45. The van der Waals surface area contributed by atoms with Crippen LogP contribution in [-0.4, -0.2) is 12.6 Å². The van der Waals surface area contributed by atoms with Crippen molar-refractivity contribution in [2.75, 3.05) is 6.54 Å². The van der Waals surface area contributed by atoms with Gasteiger partial charge in [-0.15, -0.1) is 0 Å². The monoisotopic (exact) mass is 261 g/mol. The Morgan fingerprint density at radius 1 is 1.28 bits per heavy atom. The first kappa shape index (κ1) is 11.8. The number of ether oxygens (including phenoxy) is 1. The molecule has 1 fully saturated rings. The van der Waals surface area contributed by atoms with Gasteiger partial charge in [0, 0.05) is 18.0 Å². The lowest BCUT2D eigenvalue weighted by atomic mass is 9.91. The molecular weight excluding hydrogens is 250 g/mol. The van der Waals surface area contributed by atoms with Gasteiger partial charge < -0.3 is 10.1 Å². The summed E-state index contributed by atoms with van der Waals surface area (Å²) in [4.78, 5) is 0. The summed E-state index contributed by atoms with van der Waals surface area (Å²) in [5.41, 5.74) is -0.780. The fourth-order valence-corrected chi connectivity index (χ4v) is 2.58. The fourth-order valence-electron chi connectivity index (χ4n) is 2.58. The number of benzene rings is 1. The number of rotatable bonds is 0. The molecule has 2 heterocycles. The molecule has 18 heavy (non-hydrogen) atoms. The van der Waals surface area contributed by atoms with Crippen molar-refractivity contribution < 1.29 is 22.3 Å². The second-order valence-corrected chi connectivity index (χ2v) is 4.61. The summed E-state index contributed by atoms with van der Waals surface area (Å²) in [6.45, 7) is 0.734. The highest BCUT2D eigenvalue weighted by Gasteiger charge is 2.40. The third kappa shape index (κ3) is 1.75. The lowest BCUT2D eigenvalue weighted by Crippen LogP contribution is -2.41. The predicted molar refractivity (Wildman–Crippen MR) is 55.8 cm³/mol. The molecule has 0 saturated carbocycles. The summed E-state index contributed by atoms with van der Waals surface area (Å²) < 4.78 is 57.0. The molecule has 1 aromatic rings. The molecule has 1 N–H and O–H groups in total. The van der Waals surface area contributed by atoms with Crippen LogP contribution in [0.4, 0.5) is 17.6 Å². The predicted octanol–water partition coefficient (Wildman–Crippen LogP) is 3.03. The van der Waals surface area contributed by atoms with Gasteiger partial charge in [-0.25, -0.2) is 4.39 Å². The zero-order valence-electron chi connectivity index (χ0n) is 9.35. The highest BCUT2D eigenvalue weighted by atomic mass is 19.4. The van der Waals surface area contributed by atoms with Crippen molar-refractivity contribution in [3.8, 4) is 5.75 Å². The molecule has 2 nitrogen and oxygen atoms in total. The Balaban J connectivity index is 2.10. The molecule has 1 saturated heterocycles. The van der Waals surface area contributed by atoms with Crippen molar-refractivity contribution in [3.63, 3.8) is 0 Å². The van der Waals surface area contributed by atoms with Crippen molar-refractivity contribution in [1.29, 1.82) is 0 Å². The standard InChI is InChI=1S/C12H11F4NO/c13-10-8(12(14,15)16)2-1-7-9-5-6(3-4-17-9)18-11(7)10/h1-2,6,9,17H,3-5H2/t6-,9+/m0/s1. The second-order valence-electron chi connectivity index (χ2n) is 4.61. The van der Waals surface area contributed by atoms with E-state index in [9.17, 15) is 17.6 Å². The molecule has 3 rings (SSSR count). The second kappa shape index (κ2) is 3.85. The first-order chi connectivity index (χ1) is 8.47. The SMILES string of the molecule is Fc1c(C(F)(F)F)ccc2c1O[C@H]1CCN[C@@H]2C1. The van der Waals surface area contributed by atoms with Gasteiger partial charge >= 0.3 is 6.18 Å². The van der Waals surface area contributed by atoms with E-state index in [1.165, 1.54) is 6.07 Å². The molecule has 0 unspecified atom stereocenters. The smallest absolute Gasteiger partial charge is 0.419 e. The van der Waals surface area contributed by atoms with Crippen molar-refractivity contribution in [2.24, 2.45) is 0 Å². The normalized spacial score (nSPS) is 26.4. The largest absolute Gasteiger partial charge is 0.487 e. The number of nitrogens with one attached hydrogen (secondary N) is 1. The molecule has 2 aliphatic heterocycles. The maximum absolute atomic E-state index is 13.9. The van der Waals surface area contributed by atoms with Crippen LogP contribution >= 0.6 is 0 Å². The summed E-state index contributed by atoms with van der Waals surface area (Å²) >= 11 is 0. The van der Waals surface area contributed by atoms with Crippen molar-refractivity contribution in [2.45, 2.75) is 31.2 Å². The maximum atomic E-state index is 13.9. The van der Waals surface area contributed by atoms with Crippen LogP contribution < -0.4 is 10.1 Å². The Morgan fingerprint density at radius 2 is 2.06 bits per heavy atom. The maximum Gasteiger partial charge on any atom is 0.419 e. The fraction of sp³-hybridized carbons (Fsp3) is 0.500. The van der Waals surface area contributed by atoms with Crippen LogP contribution in [0.5, 0.6) is 5.75 Å². The topological polar surface area (TPSA) is 21.3 Å². The Bertz CT molecular complexity index is 486. The van der Waals surface area contributed by atoms with E-state index in [0.717, 1.165) is 12.6 Å². The molecule has 2 aliphatic rings. The van der Waals surface area contributed by atoms with E-state index in [1.54, 1.807) is 0 Å². The van der Waals surface area contributed by atoms with E-state index in [-0.39, 0.29) is 17.9 Å². The Kier molecular flexibility index (Phi) is 2.52. The Labute approximate surface area is 101 Å². The molecule has 0 aliphatic carbocycles. The van der Waals surface area contributed by atoms with Crippen LogP contribution in [0, 0.1) is 5.82 Å². The summed E-state index contributed by atoms with van der Waals surface area (Å²) in [6, 6.07) is 1.98. The minimum absolute atomic E-state index is 0.107. The minimum atomic E-state index is -4.69. The number of hydrogen-bond acceptors (Lipinski definition) is 2. The van der Waals surface area contributed by atoms with Gasteiger partial charge in [-0.05, 0) is 19.0 Å². The quantitative estimate of drug-likeness (QED) is 0.725. The van der Waals surface area contributed by atoms with Gasteiger partial charge in [0.2, 0.25) is 0 Å². The molecule has 0 amide bonds. The lowest BCUT2D eigenvalue weighted by Gasteiger charge is -2.37. The average molecular weight is 261 g/mol. The zero-order valence-corrected chi connectivity index (χ0v) is 9.35. The summed E-state index contributed by atoms with van der Waals surface area (Å²) in [6.07, 6.45) is -3.52. The van der Waals surface area contributed by atoms with Gasteiger partial charge in [0.1, 0.15) is 6.10 Å². The van der Waals surface area contributed by atoms with Gasteiger partial charge in [-0.2, -0.15) is 13.2 Å². The van der Waals surface area contributed by atoms with Gasteiger partial charge in [0.05, 0.1) is 5.56 Å². The molecule has 0 spiro atoms. The summed E-state index contributed by atoms with van der Waals surface area (Å²) in [5, 5.41) is 3.16. The average Bonchev–Trinajstić information content (AvgIpc) is 2.29. The molecule has 1 aromatic carbocycles. The van der Waals surface area contributed by atoms with E-state index in [4.69, 9.17) is 4.74 Å². The van der Waals surface area contributed by atoms with Crippen molar-refractivity contribution >= 4 is 0 Å². The van der Waals surface area contributed by atoms with E-state index < -0.39 is 17.6 Å². The molecule has 98 valence electrons. The summed E-state index contributed by atoms with van der Waals surface area (Å²) in [5.74, 6) is -1.53. The van der Waals surface area contributed by atoms with Crippen LogP contribution in [-0.2, 0) is 6.18 Å². The molecule has 0 aromatic heterocycles. The molecule has 2 bridgehead atoms. The highest BCUT2D eigenvalue weighted by Crippen LogP contribution is 2.43. The van der Waals surface area contributed by atoms with E-state index in [0.29, 0.717) is 18.4 Å². The highest BCUT2D eigenvalue weighted by molar-refractivity contribution is 5.44. The van der Waals surface area contributed by atoms with Gasteiger partial charge in [-0.3, -0.25) is 0 Å². The molecule has 6 heteroatoms. The molecule has 0 radical (unpaired) electrons. The number of fused-ring (bicyclic) bond motifs is 4. The van der Waals surface area contributed by atoms with E-state index >= 15 is 0 Å². The first-order valence-electron chi connectivity index (χ1n) is 5.76. The van der Waals surface area contributed by atoms with Crippen LogP contribution in [0.2, 0.25) is 0 Å². The van der Waals surface area contributed by atoms with Crippen LogP contribution in [0.25, 0.3) is 0 Å². The number of piperidine rings is 1. The van der Waals surface area contributed by atoms with Crippen molar-refractivity contribution in [1.82, 2.24) is 5.32 Å². The van der Waals surface area contributed by atoms with E-state index in [2.05, 4.69) is 5.32 Å². The number of alkyl halides is 3. The van der Waals surface area contributed by atoms with Crippen LogP contribution in [0.3, 0.4) is 0 Å². The van der Waals surface area contributed by atoms with Gasteiger partial charge in [0.15, 0.2) is 11.6 Å².